The number of nitrogens with zero attached hydrogens (tertiary/aromatic N) is 3. The van der Waals surface area contributed by atoms with E-state index in [0.717, 1.165) is 22.9 Å². The molecule has 0 aliphatic rings. The summed E-state index contributed by atoms with van der Waals surface area (Å²) in [6.07, 6.45) is -4.01. The molecule has 130 valence electrons. The van der Waals surface area contributed by atoms with Crippen LogP contribution in [0.3, 0.4) is 0 Å². The maximum absolute atomic E-state index is 12.5. The minimum absolute atomic E-state index is 0.0963. The lowest BCUT2D eigenvalue weighted by Crippen LogP contribution is -2.28. The van der Waals surface area contributed by atoms with E-state index < -0.39 is 12.0 Å². The molecule has 3 N–H and O–H groups in total. The zero-order chi connectivity index (χ0) is 17.7. The van der Waals surface area contributed by atoms with Crippen molar-refractivity contribution >= 4 is 17.7 Å². The van der Waals surface area contributed by atoms with Gasteiger partial charge in [-0.05, 0) is 24.5 Å². The van der Waals surface area contributed by atoms with Crippen LogP contribution in [0.1, 0.15) is 17.0 Å². The van der Waals surface area contributed by atoms with Gasteiger partial charge in [0.2, 0.25) is 11.1 Å². The summed E-state index contributed by atoms with van der Waals surface area (Å²) in [5, 5.41) is 8.87. The van der Waals surface area contributed by atoms with Crippen molar-refractivity contribution in [1.29, 1.82) is 0 Å². The molecule has 0 bridgehead atoms. The number of carbonyl (C=O) groups excluding carboxylic acids is 1. The quantitative estimate of drug-likeness (QED) is 0.606. The number of aromatic nitrogens is 3. The fourth-order valence-electron chi connectivity index (χ4n) is 1.98. The Morgan fingerprint density at radius 1 is 1.33 bits per heavy atom. The van der Waals surface area contributed by atoms with Gasteiger partial charge in [0, 0.05) is 6.54 Å². The Balaban J connectivity index is 1.80. The lowest BCUT2D eigenvalue weighted by atomic mass is 10.1. The predicted molar refractivity (Wildman–Crippen MR) is 83.8 cm³/mol. The van der Waals surface area contributed by atoms with Crippen molar-refractivity contribution in [3.63, 3.8) is 0 Å². The number of nitrogens with one attached hydrogen (secondary N) is 1. The molecule has 0 aliphatic carbocycles. The Kier molecular flexibility index (Phi) is 5.71. The summed E-state index contributed by atoms with van der Waals surface area (Å²) in [5.74, 6) is 3.58. The van der Waals surface area contributed by atoms with Crippen LogP contribution in [-0.4, -0.2) is 33.1 Å². The van der Waals surface area contributed by atoms with Crippen LogP contribution in [0.2, 0.25) is 0 Å². The molecule has 2 aromatic rings. The van der Waals surface area contributed by atoms with Crippen molar-refractivity contribution < 1.29 is 18.0 Å². The first-order chi connectivity index (χ1) is 11.3. The summed E-state index contributed by atoms with van der Waals surface area (Å²) in [4.78, 5) is 11.8. The minimum Gasteiger partial charge on any atom is -0.355 e. The smallest absolute Gasteiger partial charge is 0.355 e. The van der Waals surface area contributed by atoms with Crippen LogP contribution < -0.4 is 11.2 Å². The molecule has 0 aliphatic heterocycles. The molecular weight excluding hydrogens is 343 g/mol. The van der Waals surface area contributed by atoms with Crippen LogP contribution in [0.15, 0.2) is 29.4 Å². The number of thioether (sulfide) groups is 1. The second-order valence-electron chi connectivity index (χ2n) is 4.99. The fourth-order valence-corrected chi connectivity index (χ4v) is 2.66. The van der Waals surface area contributed by atoms with Gasteiger partial charge in [0.05, 0.1) is 5.75 Å². The van der Waals surface area contributed by atoms with Crippen LogP contribution >= 0.6 is 11.8 Å². The van der Waals surface area contributed by atoms with E-state index in [2.05, 4.69) is 15.5 Å². The van der Waals surface area contributed by atoms with Crippen LogP contribution in [0.25, 0.3) is 0 Å². The van der Waals surface area contributed by atoms with Gasteiger partial charge < -0.3 is 11.2 Å². The van der Waals surface area contributed by atoms with Gasteiger partial charge in [0.25, 0.3) is 5.82 Å². The molecular formula is C14H16F3N5OS. The molecule has 0 unspecified atom stereocenters. The van der Waals surface area contributed by atoms with Gasteiger partial charge >= 0.3 is 6.18 Å². The van der Waals surface area contributed by atoms with E-state index in [0.29, 0.717) is 17.6 Å². The first-order valence-corrected chi connectivity index (χ1v) is 7.99. The lowest BCUT2D eigenvalue weighted by Gasteiger charge is -2.08. The number of hydrogen-bond acceptors (Lipinski definition) is 5. The topological polar surface area (TPSA) is 85.8 Å². The third-order valence-electron chi connectivity index (χ3n) is 3.23. The van der Waals surface area contributed by atoms with Gasteiger partial charge in [-0.25, -0.2) is 4.68 Å². The van der Waals surface area contributed by atoms with Crippen molar-refractivity contribution in [2.24, 2.45) is 0 Å². The van der Waals surface area contributed by atoms with E-state index in [-0.39, 0.29) is 16.8 Å². The summed E-state index contributed by atoms with van der Waals surface area (Å²) in [5.41, 5.74) is 2.26. The fraction of sp³-hybridized carbons (Fsp3) is 0.357. The number of rotatable bonds is 6. The maximum Gasteiger partial charge on any atom is 0.453 e. The molecule has 1 aromatic heterocycles. The molecule has 0 saturated carbocycles. The Labute approximate surface area is 140 Å². The SMILES string of the molecule is Cc1ccccc1CCNC(=O)CSc1nnc(C(F)(F)F)n1N. The molecule has 24 heavy (non-hydrogen) atoms. The molecule has 10 heteroatoms. The lowest BCUT2D eigenvalue weighted by molar-refractivity contribution is -0.146. The number of alkyl halides is 3. The standard InChI is InChI=1S/C14H16F3N5OS/c1-9-4-2-3-5-10(9)6-7-19-11(23)8-24-13-21-20-12(22(13)18)14(15,16)17/h2-5H,6-8,18H2,1H3,(H,19,23). The van der Waals surface area contributed by atoms with E-state index in [4.69, 9.17) is 5.84 Å². The third-order valence-corrected chi connectivity index (χ3v) is 4.17. The summed E-state index contributed by atoms with van der Waals surface area (Å²) in [7, 11) is 0. The number of benzene rings is 1. The first kappa shape index (κ1) is 18.1. The van der Waals surface area contributed by atoms with Crippen LogP contribution in [0, 0.1) is 6.92 Å². The van der Waals surface area contributed by atoms with Crippen molar-refractivity contribution in [3.8, 4) is 0 Å². The molecule has 0 fully saturated rings. The highest BCUT2D eigenvalue weighted by atomic mass is 32.2. The number of amides is 1. The average molecular weight is 359 g/mol. The normalized spacial score (nSPS) is 11.5. The van der Waals surface area contributed by atoms with E-state index in [9.17, 15) is 18.0 Å². The van der Waals surface area contributed by atoms with Crippen molar-refractivity contribution in [3.05, 3.63) is 41.2 Å². The molecule has 0 radical (unpaired) electrons. The molecule has 2 rings (SSSR count). The average Bonchev–Trinajstić information content (AvgIpc) is 2.88. The predicted octanol–water partition coefficient (Wildman–Crippen LogP) is 1.77. The molecule has 0 saturated heterocycles. The largest absolute Gasteiger partial charge is 0.453 e. The van der Waals surface area contributed by atoms with Crippen LogP contribution in [0.4, 0.5) is 13.2 Å². The number of nitrogen functional groups attached to an aromatic ring is 1. The number of hydrogen-bond donors (Lipinski definition) is 2. The molecule has 6 nitrogen and oxygen atoms in total. The van der Waals surface area contributed by atoms with E-state index >= 15 is 0 Å². The molecule has 1 amide bonds. The Hall–Kier alpha value is -2.23. The molecule has 1 heterocycles. The number of halogens is 3. The van der Waals surface area contributed by atoms with Gasteiger partial charge in [0.1, 0.15) is 0 Å². The summed E-state index contributed by atoms with van der Waals surface area (Å²) < 4.78 is 37.9. The number of aryl methyl sites for hydroxylation is 1. The highest BCUT2D eigenvalue weighted by Gasteiger charge is 2.38. The third kappa shape index (κ3) is 4.63. The van der Waals surface area contributed by atoms with Crippen LogP contribution in [-0.2, 0) is 17.4 Å². The number of nitrogens with two attached hydrogens (primary N) is 1. The van der Waals surface area contributed by atoms with E-state index in [1.807, 2.05) is 31.2 Å². The summed E-state index contributed by atoms with van der Waals surface area (Å²) in [6.45, 7) is 2.42. The second-order valence-corrected chi connectivity index (χ2v) is 5.93. The molecule has 1 aromatic carbocycles. The Morgan fingerprint density at radius 3 is 2.67 bits per heavy atom. The van der Waals surface area contributed by atoms with Crippen molar-refractivity contribution in [2.45, 2.75) is 24.7 Å². The summed E-state index contributed by atoms with van der Waals surface area (Å²) in [6, 6.07) is 7.82. The van der Waals surface area contributed by atoms with Crippen molar-refractivity contribution in [1.82, 2.24) is 20.2 Å². The van der Waals surface area contributed by atoms with E-state index in [1.54, 1.807) is 0 Å². The highest BCUT2D eigenvalue weighted by molar-refractivity contribution is 7.99. The Morgan fingerprint density at radius 2 is 2.04 bits per heavy atom. The van der Waals surface area contributed by atoms with Gasteiger partial charge in [-0.2, -0.15) is 13.2 Å². The van der Waals surface area contributed by atoms with Gasteiger partial charge in [-0.3, -0.25) is 4.79 Å². The second kappa shape index (κ2) is 7.56. The molecule has 0 atom stereocenters. The number of carbonyl (C=O) groups is 1. The van der Waals surface area contributed by atoms with Crippen molar-refractivity contribution in [2.75, 3.05) is 18.1 Å². The minimum atomic E-state index is -4.68. The monoisotopic (exact) mass is 359 g/mol. The molecule has 0 spiro atoms. The van der Waals surface area contributed by atoms with Crippen LogP contribution in [0.5, 0.6) is 0 Å². The van der Waals surface area contributed by atoms with Gasteiger partial charge in [-0.15, -0.1) is 10.2 Å². The summed E-state index contributed by atoms with van der Waals surface area (Å²) >= 11 is 0.794. The van der Waals surface area contributed by atoms with E-state index in [1.165, 1.54) is 0 Å². The maximum atomic E-state index is 12.5. The highest BCUT2D eigenvalue weighted by Crippen LogP contribution is 2.28. The zero-order valence-corrected chi connectivity index (χ0v) is 13.6. The first-order valence-electron chi connectivity index (χ1n) is 7.00. The van der Waals surface area contributed by atoms with Gasteiger partial charge in [-0.1, -0.05) is 36.0 Å². The van der Waals surface area contributed by atoms with Gasteiger partial charge in [0.15, 0.2) is 0 Å². The zero-order valence-electron chi connectivity index (χ0n) is 12.8. The Bertz CT molecular complexity index is 717.